The number of nitrogens with zero attached hydrogens (tertiary/aromatic N) is 1. The first-order chi connectivity index (χ1) is 9.30. The van der Waals surface area contributed by atoms with Gasteiger partial charge in [-0.05, 0) is 38.5 Å². The first-order valence-corrected chi connectivity index (χ1v) is 7.59. The van der Waals surface area contributed by atoms with Crippen LogP contribution in [-0.4, -0.2) is 41.1 Å². The molecule has 0 bridgehead atoms. The summed E-state index contributed by atoms with van der Waals surface area (Å²) >= 11 is 0. The van der Waals surface area contributed by atoms with E-state index in [1.54, 1.807) is 4.90 Å². The molecular weight excluding hydrogens is 256 g/mol. The summed E-state index contributed by atoms with van der Waals surface area (Å²) < 4.78 is 0. The Balaban J connectivity index is 2.62. The van der Waals surface area contributed by atoms with Crippen molar-refractivity contribution in [1.29, 1.82) is 0 Å². The van der Waals surface area contributed by atoms with Gasteiger partial charge in [0.25, 0.3) is 0 Å². The number of carbonyl (C=O) groups is 2. The predicted octanol–water partition coefficient (Wildman–Crippen LogP) is 2.71. The fourth-order valence-corrected chi connectivity index (χ4v) is 2.99. The maximum Gasteiger partial charge on any atom is 0.317 e. The van der Waals surface area contributed by atoms with E-state index < -0.39 is 11.4 Å². The van der Waals surface area contributed by atoms with Crippen molar-refractivity contribution in [2.45, 2.75) is 59.4 Å². The zero-order valence-corrected chi connectivity index (χ0v) is 13.1. The molecule has 2 amide bonds. The van der Waals surface area contributed by atoms with E-state index in [-0.39, 0.29) is 12.1 Å². The highest BCUT2D eigenvalue weighted by molar-refractivity contribution is 5.78. The average Bonchev–Trinajstić information content (AvgIpc) is 2.37. The number of urea groups is 1. The van der Waals surface area contributed by atoms with Crippen LogP contribution in [0, 0.1) is 11.3 Å². The van der Waals surface area contributed by atoms with Crippen LogP contribution in [0.25, 0.3) is 0 Å². The topological polar surface area (TPSA) is 69.6 Å². The quantitative estimate of drug-likeness (QED) is 0.815. The van der Waals surface area contributed by atoms with Crippen molar-refractivity contribution in [1.82, 2.24) is 10.2 Å². The molecule has 0 aliphatic carbocycles. The van der Waals surface area contributed by atoms with Gasteiger partial charge in [-0.2, -0.15) is 0 Å². The molecule has 0 aromatic heterocycles. The summed E-state index contributed by atoms with van der Waals surface area (Å²) in [6.07, 6.45) is 2.90. The van der Waals surface area contributed by atoms with E-state index in [1.165, 1.54) is 0 Å². The Kier molecular flexibility index (Phi) is 5.84. The lowest BCUT2D eigenvalue weighted by Crippen LogP contribution is -2.53. The van der Waals surface area contributed by atoms with Crippen molar-refractivity contribution >= 4 is 12.0 Å². The minimum absolute atomic E-state index is 0.116. The molecule has 20 heavy (non-hydrogen) atoms. The van der Waals surface area contributed by atoms with Crippen LogP contribution >= 0.6 is 0 Å². The summed E-state index contributed by atoms with van der Waals surface area (Å²) in [6, 6.07) is -0.0118. The second kappa shape index (κ2) is 6.95. The van der Waals surface area contributed by atoms with Gasteiger partial charge < -0.3 is 15.3 Å². The van der Waals surface area contributed by atoms with Gasteiger partial charge in [0.15, 0.2) is 0 Å². The molecule has 5 heteroatoms. The summed E-state index contributed by atoms with van der Waals surface area (Å²) in [7, 11) is 0. The molecule has 2 unspecified atom stereocenters. The first-order valence-electron chi connectivity index (χ1n) is 7.59. The van der Waals surface area contributed by atoms with Gasteiger partial charge in [-0.1, -0.05) is 20.8 Å². The van der Waals surface area contributed by atoms with Crippen molar-refractivity contribution < 1.29 is 14.7 Å². The molecule has 0 spiro atoms. The third-order valence-corrected chi connectivity index (χ3v) is 4.19. The zero-order valence-electron chi connectivity index (χ0n) is 13.1. The molecule has 0 radical (unpaired) electrons. The van der Waals surface area contributed by atoms with Gasteiger partial charge in [0.1, 0.15) is 0 Å². The van der Waals surface area contributed by atoms with Gasteiger partial charge in [0.2, 0.25) is 0 Å². The molecule has 1 saturated heterocycles. The molecule has 1 aliphatic rings. The van der Waals surface area contributed by atoms with Crippen LogP contribution in [0.5, 0.6) is 0 Å². The van der Waals surface area contributed by atoms with Crippen molar-refractivity contribution in [3.8, 4) is 0 Å². The molecule has 1 aliphatic heterocycles. The van der Waals surface area contributed by atoms with Crippen molar-refractivity contribution in [3.05, 3.63) is 0 Å². The molecule has 1 fully saturated rings. The highest BCUT2D eigenvalue weighted by atomic mass is 16.4. The minimum atomic E-state index is -0.785. The minimum Gasteiger partial charge on any atom is -0.481 e. The lowest BCUT2D eigenvalue weighted by atomic mass is 9.78. The van der Waals surface area contributed by atoms with E-state index >= 15 is 0 Å². The van der Waals surface area contributed by atoms with Gasteiger partial charge in [0.05, 0.1) is 5.41 Å². The molecule has 1 heterocycles. The Morgan fingerprint density at radius 2 is 2.00 bits per heavy atom. The Morgan fingerprint density at radius 1 is 1.35 bits per heavy atom. The van der Waals surface area contributed by atoms with Crippen LogP contribution in [0.4, 0.5) is 4.79 Å². The molecule has 0 saturated carbocycles. The van der Waals surface area contributed by atoms with Gasteiger partial charge in [-0.3, -0.25) is 4.79 Å². The normalized spacial score (nSPS) is 24.6. The number of hydrogen-bond donors (Lipinski definition) is 2. The summed E-state index contributed by atoms with van der Waals surface area (Å²) in [6.45, 7) is 9.09. The Bertz CT molecular complexity index is 357. The van der Waals surface area contributed by atoms with Gasteiger partial charge in [-0.25, -0.2) is 4.79 Å². The summed E-state index contributed by atoms with van der Waals surface area (Å²) in [5.74, 6) is -0.256. The van der Waals surface area contributed by atoms with E-state index in [2.05, 4.69) is 19.2 Å². The standard InChI is InChI=1S/C15H28N2O3/c1-5-15(13(18)19)7-6-8-17(10-15)14(20)16-12(4)9-11(2)3/h11-12H,5-10H2,1-4H3,(H,16,20)(H,18,19). The van der Waals surface area contributed by atoms with E-state index in [0.717, 1.165) is 12.8 Å². The van der Waals surface area contributed by atoms with E-state index in [1.807, 2.05) is 13.8 Å². The molecule has 5 nitrogen and oxygen atoms in total. The highest BCUT2D eigenvalue weighted by Crippen LogP contribution is 2.33. The number of aliphatic carboxylic acids is 1. The number of piperidine rings is 1. The van der Waals surface area contributed by atoms with Gasteiger partial charge >= 0.3 is 12.0 Å². The molecule has 2 atom stereocenters. The second-order valence-electron chi connectivity index (χ2n) is 6.44. The van der Waals surface area contributed by atoms with Gasteiger partial charge in [-0.15, -0.1) is 0 Å². The Labute approximate surface area is 121 Å². The fourth-order valence-electron chi connectivity index (χ4n) is 2.99. The maximum atomic E-state index is 12.2. The Hall–Kier alpha value is -1.26. The molecule has 116 valence electrons. The summed E-state index contributed by atoms with van der Waals surface area (Å²) in [5.41, 5.74) is -0.767. The molecule has 0 aromatic carbocycles. The molecule has 0 aromatic rings. The molecular formula is C15H28N2O3. The Morgan fingerprint density at radius 3 is 2.50 bits per heavy atom. The lowest BCUT2D eigenvalue weighted by Gasteiger charge is -2.39. The number of carboxylic acid groups (broad SMARTS) is 1. The molecule has 2 N–H and O–H groups in total. The van der Waals surface area contributed by atoms with E-state index in [4.69, 9.17) is 0 Å². The highest BCUT2D eigenvalue weighted by Gasteiger charge is 2.42. The third-order valence-electron chi connectivity index (χ3n) is 4.19. The van der Waals surface area contributed by atoms with Crippen molar-refractivity contribution in [2.75, 3.05) is 13.1 Å². The van der Waals surface area contributed by atoms with Crippen molar-refractivity contribution in [2.24, 2.45) is 11.3 Å². The van der Waals surface area contributed by atoms with Crippen LogP contribution in [0.2, 0.25) is 0 Å². The van der Waals surface area contributed by atoms with Crippen LogP contribution in [-0.2, 0) is 4.79 Å². The predicted molar refractivity (Wildman–Crippen MR) is 78.6 cm³/mol. The third kappa shape index (κ3) is 4.12. The summed E-state index contributed by atoms with van der Waals surface area (Å²) in [4.78, 5) is 25.4. The number of rotatable bonds is 5. The fraction of sp³-hybridized carbons (Fsp3) is 0.867. The van der Waals surface area contributed by atoms with E-state index in [9.17, 15) is 14.7 Å². The lowest BCUT2D eigenvalue weighted by molar-refractivity contribution is -0.152. The molecule has 1 rings (SSSR count). The number of hydrogen-bond acceptors (Lipinski definition) is 2. The zero-order chi connectivity index (χ0) is 15.3. The largest absolute Gasteiger partial charge is 0.481 e. The van der Waals surface area contributed by atoms with Crippen molar-refractivity contribution in [3.63, 3.8) is 0 Å². The number of carbonyl (C=O) groups excluding carboxylic acids is 1. The first kappa shape index (κ1) is 16.8. The number of amides is 2. The number of nitrogens with one attached hydrogen (secondary N) is 1. The smallest absolute Gasteiger partial charge is 0.317 e. The average molecular weight is 284 g/mol. The SMILES string of the molecule is CCC1(C(=O)O)CCCN(C(=O)NC(C)CC(C)C)C1. The monoisotopic (exact) mass is 284 g/mol. The van der Waals surface area contributed by atoms with E-state index in [0.29, 0.717) is 31.8 Å². The van der Waals surface area contributed by atoms with Crippen LogP contribution in [0.1, 0.15) is 53.4 Å². The van der Waals surface area contributed by atoms with Crippen LogP contribution in [0.3, 0.4) is 0 Å². The number of carboxylic acids is 1. The summed E-state index contributed by atoms with van der Waals surface area (Å²) in [5, 5.41) is 12.4. The van der Waals surface area contributed by atoms with Gasteiger partial charge in [0, 0.05) is 19.1 Å². The number of likely N-dealkylation sites (tertiary alicyclic amines) is 1. The maximum absolute atomic E-state index is 12.2. The van der Waals surface area contributed by atoms with Crippen LogP contribution < -0.4 is 5.32 Å². The van der Waals surface area contributed by atoms with Crippen LogP contribution in [0.15, 0.2) is 0 Å². The second-order valence-corrected chi connectivity index (χ2v) is 6.44.